The number of aromatic nitrogens is 2. The van der Waals surface area contributed by atoms with Gasteiger partial charge in [0, 0.05) is 18.9 Å². The van der Waals surface area contributed by atoms with E-state index in [0.717, 1.165) is 25.8 Å². The van der Waals surface area contributed by atoms with Gasteiger partial charge in [0.2, 0.25) is 0 Å². The Hall–Kier alpha value is -2.10. The van der Waals surface area contributed by atoms with Crippen LogP contribution in [0.4, 0.5) is 0 Å². The lowest BCUT2D eigenvalue weighted by Crippen LogP contribution is -2.16. The normalized spacial score (nSPS) is 17.0. The molecule has 3 rings (SSSR count). The van der Waals surface area contributed by atoms with Gasteiger partial charge in [-0.15, -0.1) is 0 Å². The minimum Gasteiger partial charge on any atom is -0.466 e. The number of carbonyl (C=O) groups excluding carboxylic acids is 1. The summed E-state index contributed by atoms with van der Waals surface area (Å²) in [6.07, 6.45) is 9.44. The summed E-state index contributed by atoms with van der Waals surface area (Å²) in [7, 11) is 0. The molecule has 1 aromatic carbocycles. The van der Waals surface area contributed by atoms with Gasteiger partial charge in [0.25, 0.3) is 0 Å². The van der Waals surface area contributed by atoms with Crippen molar-refractivity contribution in [2.45, 2.75) is 45.1 Å². The average Bonchev–Trinajstić information content (AvgIpc) is 3.00. The van der Waals surface area contributed by atoms with Crippen LogP contribution in [0.15, 0.2) is 36.9 Å². The fraction of sp³-hybridized carbons (Fsp3) is 0.444. The van der Waals surface area contributed by atoms with Crippen LogP contribution in [-0.2, 0) is 22.5 Å². The van der Waals surface area contributed by atoms with Crippen LogP contribution < -0.4 is 0 Å². The van der Waals surface area contributed by atoms with E-state index in [9.17, 15) is 4.79 Å². The predicted molar refractivity (Wildman–Crippen MR) is 84.7 cm³/mol. The van der Waals surface area contributed by atoms with Gasteiger partial charge in [0.15, 0.2) is 0 Å². The molecule has 0 radical (unpaired) electrons. The summed E-state index contributed by atoms with van der Waals surface area (Å²) in [6.45, 7) is 3.16. The molecule has 1 aliphatic rings. The van der Waals surface area contributed by atoms with E-state index in [2.05, 4.69) is 27.8 Å². The molecule has 0 amide bonds. The van der Waals surface area contributed by atoms with Crippen LogP contribution in [0.2, 0.25) is 0 Å². The first-order valence-electron chi connectivity index (χ1n) is 7.99. The van der Waals surface area contributed by atoms with Crippen molar-refractivity contribution in [3.05, 3.63) is 53.6 Å². The maximum Gasteiger partial charge on any atom is 0.306 e. The first-order chi connectivity index (χ1) is 10.8. The number of aryl methyl sites for hydroxylation is 1. The summed E-state index contributed by atoms with van der Waals surface area (Å²) in [5, 5.41) is 0. The third-order valence-corrected chi connectivity index (χ3v) is 4.29. The Morgan fingerprint density at radius 3 is 3.14 bits per heavy atom. The summed E-state index contributed by atoms with van der Waals surface area (Å²) in [6, 6.07) is 6.65. The zero-order valence-electron chi connectivity index (χ0n) is 13.0. The molecule has 0 aliphatic heterocycles. The monoisotopic (exact) mass is 298 g/mol. The lowest BCUT2D eigenvalue weighted by Gasteiger charge is -2.25. The van der Waals surface area contributed by atoms with Gasteiger partial charge >= 0.3 is 5.97 Å². The molecule has 0 bridgehead atoms. The number of benzene rings is 1. The Labute approximate surface area is 131 Å². The number of rotatable bonds is 5. The number of imidazole rings is 1. The largest absolute Gasteiger partial charge is 0.466 e. The number of hydrogen-bond acceptors (Lipinski definition) is 3. The molecular formula is C18H22N2O2. The second-order valence-corrected chi connectivity index (χ2v) is 5.87. The van der Waals surface area contributed by atoms with Crippen molar-refractivity contribution in [2.75, 3.05) is 6.61 Å². The molecule has 1 heterocycles. The Morgan fingerprint density at radius 1 is 1.45 bits per heavy atom. The molecule has 1 unspecified atom stereocenters. The van der Waals surface area contributed by atoms with Crippen LogP contribution in [0.1, 0.15) is 48.8 Å². The molecule has 116 valence electrons. The third-order valence-electron chi connectivity index (χ3n) is 4.29. The van der Waals surface area contributed by atoms with Crippen molar-refractivity contribution >= 4 is 5.97 Å². The smallest absolute Gasteiger partial charge is 0.306 e. The van der Waals surface area contributed by atoms with Gasteiger partial charge in [-0.05, 0) is 48.8 Å². The highest BCUT2D eigenvalue weighted by atomic mass is 16.5. The second kappa shape index (κ2) is 6.77. The number of fused-ring (bicyclic) bond motifs is 1. The van der Waals surface area contributed by atoms with E-state index >= 15 is 0 Å². The van der Waals surface area contributed by atoms with Gasteiger partial charge in [0.05, 0.1) is 19.4 Å². The molecule has 1 aliphatic carbocycles. The highest BCUT2D eigenvalue weighted by molar-refractivity contribution is 5.70. The van der Waals surface area contributed by atoms with Gasteiger partial charge in [-0.3, -0.25) is 4.79 Å². The van der Waals surface area contributed by atoms with E-state index in [1.807, 2.05) is 19.4 Å². The summed E-state index contributed by atoms with van der Waals surface area (Å²) in [5.74, 6) is 0.230. The number of hydrogen-bond donors (Lipinski definition) is 0. The standard InChI is InChI=1S/C18H22N2O2/c1-2-22-18(21)11-16-5-3-4-15-10-14(6-7-17(15)16)12-20-9-8-19-13-20/h6-10,13,16H,2-5,11-12H2,1H3. The summed E-state index contributed by atoms with van der Waals surface area (Å²) < 4.78 is 7.17. The fourth-order valence-electron chi connectivity index (χ4n) is 3.29. The molecule has 0 spiro atoms. The van der Waals surface area contributed by atoms with Crippen LogP contribution in [0, 0.1) is 0 Å². The van der Waals surface area contributed by atoms with Crippen molar-refractivity contribution in [3.63, 3.8) is 0 Å². The first-order valence-corrected chi connectivity index (χ1v) is 7.99. The minimum absolute atomic E-state index is 0.0807. The first kappa shape index (κ1) is 14.8. The van der Waals surface area contributed by atoms with Crippen LogP contribution in [0.25, 0.3) is 0 Å². The molecule has 22 heavy (non-hydrogen) atoms. The quantitative estimate of drug-likeness (QED) is 0.796. The third kappa shape index (κ3) is 3.38. The van der Waals surface area contributed by atoms with Crippen molar-refractivity contribution in [1.29, 1.82) is 0 Å². The topological polar surface area (TPSA) is 44.1 Å². The summed E-state index contributed by atoms with van der Waals surface area (Å²) in [5.41, 5.74) is 4.00. The van der Waals surface area contributed by atoms with E-state index < -0.39 is 0 Å². The summed E-state index contributed by atoms with van der Waals surface area (Å²) >= 11 is 0. The van der Waals surface area contributed by atoms with Crippen molar-refractivity contribution < 1.29 is 9.53 Å². The Balaban J connectivity index is 1.75. The van der Waals surface area contributed by atoms with Gasteiger partial charge in [-0.1, -0.05) is 18.2 Å². The van der Waals surface area contributed by atoms with Crippen molar-refractivity contribution in [1.82, 2.24) is 9.55 Å². The van der Waals surface area contributed by atoms with E-state index in [1.165, 1.54) is 16.7 Å². The number of nitrogens with zero attached hydrogens (tertiary/aromatic N) is 2. The van der Waals surface area contributed by atoms with Gasteiger partial charge in [-0.2, -0.15) is 0 Å². The maximum absolute atomic E-state index is 11.8. The maximum atomic E-state index is 11.8. The van der Waals surface area contributed by atoms with Crippen LogP contribution >= 0.6 is 0 Å². The SMILES string of the molecule is CCOC(=O)CC1CCCc2cc(Cn3ccnc3)ccc21. The molecule has 4 nitrogen and oxygen atoms in total. The zero-order chi connectivity index (χ0) is 15.4. The Kier molecular flexibility index (Phi) is 4.56. The molecule has 4 heteroatoms. The van der Waals surface area contributed by atoms with Gasteiger partial charge in [0.1, 0.15) is 0 Å². The number of carbonyl (C=O) groups is 1. The lowest BCUT2D eigenvalue weighted by molar-refractivity contribution is -0.143. The molecule has 1 atom stereocenters. The molecule has 0 fully saturated rings. The van der Waals surface area contributed by atoms with Crippen LogP contribution in [0.5, 0.6) is 0 Å². The van der Waals surface area contributed by atoms with Crippen molar-refractivity contribution in [2.24, 2.45) is 0 Å². The number of ether oxygens (including phenoxy) is 1. The highest BCUT2D eigenvalue weighted by Gasteiger charge is 2.23. The van der Waals surface area contributed by atoms with Crippen LogP contribution in [-0.4, -0.2) is 22.1 Å². The number of esters is 1. The Bertz CT molecular complexity index is 635. The van der Waals surface area contributed by atoms with Gasteiger partial charge in [-0.25, -0.2) is 4.98 Å². The fourth-order valence-corrected chi connectivity index (χ4v) is 3.29. The second-order valence-electron chi connectivity index (χ2n) is 5.87. The van der Waals surface area contributed by atoms with E-state index in [1.54, 1.807) is 6.20 Å². The van der Waals surface area contributed by atoms with Gasteiger partial charge < -0.3 is 9.30 Å². The van der Waals surface area contributed by atoms with Crippen LogP contribution in [0.3, 0.4) is 0 Å². The molecule has 2 aromatic rings. The summed E-state index contributed by atoms with van der Waals surface area (Å²) in [4.78, 5) is 15.8. The Morgan fingerprint density at radius 2 is 2.36 bits per heavy atom. The predicted octanol–water partition coefficient (Wildman–Crippen LogP) is 3.30. The lowest BCUT2D eigenvalue weighted by atomic mass is 9.80. The average molecular weight is 298 g/mol. The van der Waals surface area contributed by atoms with E-state index in [4.69, 9.17) is 4.74 Å². The van der Waals surface area contributed by atoms with E-state index in [-0.39, 0.29) is 5.97 Å². The van der Waals surface area contributed by atoms with Crippen molar-refractivity contribution in [3.8, 4) is 0 Å². The zero-order valence-corrected chi connectivity index (χ0v) is 13.0. The molecule has 0 N–H and O–H groups in total. The minimum atomic E-state index is -0.0807. The molecule has 1 aromatic heterocycles. The molecule has 0 saturated heterocycles. The molecule has 0 saturated carbocycles. The van der Waals surface area contributed by atoms with E-state index in [0.29, 0.717) is 18.9 Å². The highest BCUT2D eigenvalue weighted by Crippen LogP contribution is 2.34. The molecular weight excluding hydrogens is 276 g/mol.